The van der Waals surface area contributed by atoms with E-state index in [2.05, 4.69) is 56.2 Å². The topological polar surface area (TPSA) is 58.4 Å². The van der Waals surface area contributed by atoms with Crippen LogP contribution in [0, 0.1) is 6.92 Å². The molecule has 0 radical (unpaired) electrons. The van der Waals surface area contributed by atoms with E-state index < -0.39 is 0 Å². The van der Waals surface area contributed by atoms with Crippen LogP contribution in [-0.4, -0.2) is 17.5 Å². The fourth-order valence-electron chi connectivity index (χ4n) is 3.74. The number of hydrogen-bond donors (Lipinski definition) is 2. The smallest absolute Gasteiger partial charge is 0.256 e. The van der Waals surface area contributed by atoms with Gasteiger partial charge in [-0.25, -0.2) is 5.84 Å². The normalized spacial score (nSPS) is 21.6. The van der Waals surface area contributed by atoms with Crippen LogP contribution in [0.3, 0.4) is 0 Å². The fourth-order valence-corrected chi connectivity index (χ4v) is 3.74. The Kier molecular flexibility index (Phi) is 4.28. The minimum Gasteiger partial charge on any atom is -0.354 e. The van der Waals surface area contributed by atoms with E-state index in [4.69, 9.17) is 5.84 Å². The van der Waals surface area contributed by atoms with E-state index in [-0.39, 0.29) is 17.5 Å². The van der Waals surface area contributed by atoms with Crippen molar-refractivity contribution in [2.24, 2.45) is 5.84 Å². The Bertz CT molecular complexity index is 539. The number of rotatable bonds is 3. The molecule has 4 heteroatoms. The Morgan fingerprint density at radius 1 is 1.52 bits per heavy atom. The molecule has 4 nitrogen and oxygen atoms in total. The summed E-state index contributed by atoms with van der Waals surface area (Å²) in [6, 6.07) is 6.27. The number of carbonyl (C=O) groups is 1. The maximum Gasteiger partial charge on any atom is 0.256 e. The summed E-state index contributed by atoms with van der Waals surface area (Å²) in [6.45, 7) is 10.8. The van der Waals surface area contributed by atoms with Gasteiger partial charge in [0.25, 0.3) is 5.91 Å². The van der Waals surface area contributed by atoms with Gasteiger partial charge in [-0.05, 0) is 51.2 Å². The van der Waals surface area contributed by atoms with Crippen molar-refractivity contribution >= 4 is 11.6 Å². The maximum absolute atomic E-state index is 12.2. The van der Waals surface area contributed by atoms with Crippen LogP contribution in [-0.2, 0) is 4.79 Å². The molecule has 0 spiro atoms. The summed E-state index contributed by atoms with van der Waals surface area (Å²) in [7, 11) is 0. The number of nitrogens with one attached hydrogen (secondary N) is 1. The molecule has 3 N–H and O–H groups in total. The largest absolute Gasteiger partial charge is 0.354 e. The first-order valence-corrected chi connectivity index (χ1v) is 7.72. The Hall–Kier alpha value is -1.55. The lowest BCUT2D eigenvalue weighted by Crippen LogP contribution is -2.59. The summed E-state index contributed by atoms with van der Waals surface area (Å²) in [5, 5.41) is 0. The van der Waals surface area contributed by atoms with Gasteiger partial charge in [-0.3, -0.25) is 10.2 Å². The molecular formula is C17H27N3O. The number of nitrogens with two attached hydrogens (primary N) is 1. The lowest BCUT2D eigenvalue weighted by molar-refractivity contribution is -0.122. The highest BCUT2D eigenvalue weighted by atomic mass is 16.2. The molecule has 0 unspecified atom stereocenters. The predicted molar refractivity (Wildman–Crippen MR) is 87.2 cm³/mol. The lowest BCUT2D eigenvalue weighted by Gasteiger charge is -2.50. The van der Waals surface area contributed by atoms with Crippen LogP contribution in [0.15, 0.2) is 18.2 Å². The molecule has 0 aromatic heterocycles. The van der Waals surface area contributed by atoms with E-state index in [0.29, 0.717) is 5.92 Å². The number of amides is 1. The number of anilines is 1. The number of carbonyl (C=O) groups excluding carboxylic acids is 1. The minimum absolute atomic E-state index is 0.0745. The van der Waals surface area contributed by atoms with Crippen molar-refractivity contribution in [3.63, 3.8) is 0 Å². The average Bonchev–Trinajstić information content (AvgIpc) is 2.42. The van der Waals surface area contributed by atoms with Crippen LogP contribution in [0.2, 0.25) is 0 Å². The predicted octanol–water partition coefficient (Wildman–Crippen LogP) is 2.86. The van der Waals surface area contributed by atoms with Crippen molar-refractivity contribution in [1.29, 1.82) is 0 Å². The van der Waals surface area contributed by atoms with Crippen molar-refractivity contribution in [2.75, 3.05) is 4.90 Å². The molecule has 0 fully saturated rings. The van der Waals surface area contributed by atoms with Gasteiger partial charge in [0.1, 0.15) is 6.04 Å². The van der Waals surface area contributed by atoms with E-state index in [0.717, 1.165) is 12.8 Å². The molecule has 1 aromatic rings. The van der Waals surface area contributed by atoms with Crippen LogP contribution >= 0.6 is 0 Å². The molecule has 1 heterocycles. The van der Waals surface area contributed by atoms with Crippen molar-refractivity contribution in [3.05, 3.63) is 29.3 Å². The Morgan fingerprint density at radius 2 is 2.19 bits per heavy atom. The second-order valence-corrected chi connectivity index (χ2v) is 6.78. The Labute approximate surface area is 127 Å². The van der Waals surface area contributed by atoms with Gasteiger partial charge < -0.3 is 4.90 Å². The number of aryl methyl sites for hydroxylation is 1. The summed E-state index contributed by atoms with van der Waals surface area (Å²) in [6.07, 6.45) is 1.76. The molecule has 116 valence electrons. The van der Waals surface area contributed by atoms with E-state index in [1.165, 1.54) is 16.8 Å². The van der Waals surface area contributed by atoms with Crippen molar-refractivity contribution in [1.82, 2.24) is 5.43 Å². The quantitative estimate of drug-likeness (QED) is 0.511. The lowest BCUT2D eigenvalue weighted by atomic mass is 9.78. The van der Waals surface area contributed by atoms with Crippen LogP contribution in [0.5, 0.6) is 0 Å². The zero-order chi connectivity index (χ0) is 15.8. The standard InChI is InChI=1S/C17H27N3O/c1-6-14(16(21)19-18)20-15-8-7-11(2)9-13(15)12(3)10-17(20,4)5/h7-9,12,14H,6,10,18H2,1-5H3,(H,19,21)/t12-,14+/m1/s1. The molecular weight excluding hydrogens is 262 g/mol. The highest BCUT2D eigenvalue weighted by Crippen LogP contribution is 2.45. The SMILES string of the molecule is CC[C@@H](C(=O)NN)N1c2ccc(C)cc2[C@H](C)CC1(C)C. The third-order valence-electron chi connectivity index (χ3n) is 4.57. The van der Waals surface area contributed by atoms with E-state index in [9.17, 15) is 4.79 Å². The molecule has 2 atom stereocenters. The zero-order valence-electron chi connectivity index (χ0n) is 13.7. The van der Waals surface area contributed by atoms with E-state index >= 15 is 0 Å². The van der Waals surface area contributed by atoms with Crippen molar-refractivity contribution in [2.45, 2.75) is 65.0 Å². The second kappa shape index (κ2) is 5.68. The van der Waals surface area contributed by atoms with E-state index in [1.54, 1.807) is 0 Å². The zero-order valence-corrected chi connectivity index (χ0v) is 13.7. The van der Waals surface area contributed by atoms with Crippen LogP contribution in [0.4, 0.5) is 5.69 Å². The average molecular weight is 289 g/mol. The van der Waals surface area contributed by atoms with Gasteiger partial charge in [-0.15, -0.1) is 0 Å². The summed E-state index contributed by atoms with van der Waals surface area (Å²) >= 11 is 0. The van der Waals surface area contributed by atoms with Gasteiger partial charge in [-0.1, -0.05) is 31.5 Å². The second-order valence-electron chi connectivity index (χ2n) is 6.78. The molecule has 0 aliphatic carbocycles. The highest BCUT2D eigenvalue weighted by Gasteiger charge is 2.41. The van der Waals surface area contributed by atoms with Crippen molar-refractivity contribution in [3.8, 4) is 0 Å². The molecule has 1 amide bonds. The van der Waals surface area contributed by atoms with Crippen LogP contribution in [0.1, 0.15) is 57.6 Å². The molecule has 1 aromatic carbocycles. The molecule has 0 saturated heterocycles. The van der Waals surface area contributed by atoms with Crippen LogP contribution in [0.25, 0.3) is 0 Å². The first-order valence-electron chi connectivity index (χ1n) is 7.72. The maximum atomic E-state index is 12.2. The Morgan fingerprint density at radius 3 is 2.76 bits per heavy atom. The molecule has 0 saturated carbocycles. The van der Waals surface area contributed by atoms with Gasteiger partial charge in [0, 0.05) is 11.2 Å². The number of nitrogens with zero attached hydrogens (tertiary/aromatic N) is 1. The summed E-state index contributed by atoms with van der Waals surface area (Å²) < 4.78 is 0. The van der Waals surface area contributed by atoms with Crippen LogP contribution < -0.4 is 16.2 Å². The van der Waals surface area contributed by atoms with E-state index in [1.807, 2.05) is 6.92 Å². The minimum atomic E-state index is -0.237. The highest BCUT2D eigenvalue weighted by molar-refractivity contribution is 5.86. The van der Waals surface area contributed by atoms with Gasteiger partial charge in [0.05, 0.1) is 0 Å². The van der Waals surface area contributed by atoms with Gasteiger partial charge in [0.2, 0.25) is 0 Å². The molecule has 1 aliphatic heterocycles. The Balaban J connectivity index is 2.57. The summed E-state index contributed by atoms with van der Waals surface area (Å²) in [5.41, 5.74) is 6.01. The molecule has 2 rings (SSSR count). The van der Waals surface area contributed by atoms with Gasteiger partial charge in [0.15, 0.2) is 0 Å². The monoisotopic (exact) mass is 289 g/mol. The van der Waals surface area contributed by atoms with Gasteiger partial charge >= 0.3 is 0 Å². The van der Waals surface area contributed by atoms with Crippen molar-refractivity contribution < 1.29 is 4.79 Å². The number of hydrazine groups is 1. The number of benzene rings is 1. The number of hydrogen-bond acceptors (Lipinski definition) is 3. The molecule has 1 aliphatic rings. The summed E-state index contributed by atoms with van der Waals surface area (Å²) in [5.74, 6) is 5.76. The third kappa shape index (κ3) is 2.77. The fraction of sp³-hybridized carbons (Fsp3) is 0.588. The van der Waals surface area contributed by atoms with Gasteiger partial charge in [-0.2, -0.15) is 0 Å². The first-order chi connectivity index (χ1) is 9.81. The number of fused-ring (bicyclic) bond motifs is 1. The summed E-state index contributed by atoms with van der Waals surface area (Å²) in [4.78, 5) is 14.5. The third-order valence-corrected chi connectivity index (χ3v) is 4.57. The molecule has 0 bridgehead atoms. The first kappa shape index (κ1) is 15.8. The molecule has 21 heavy (non-hydrogen) atoms.